The number of piperidine rings is 1. The van der Waals surface area contributed by atoms with E-state index in [0.29, 0.717) is 30.9 Å². The lowest BCUT2D eigenvalue weighted by atomic mass is 9.88. The van der Waals surface area contributed by atoms with Crippen LogP contribution in [0.1, 0.15) is 24.1 Å². The Morgan fingerprint density at radius 1 is 1.22 bits per heavy atom. The van der Waals surface area contributed by atoms with Crippen molar-refractivity contribution in [2.45, 2.75) is 24.8 Å². The van der Waals surface area contributed by atoms with Crippen LogP contribution in [-0.2, 0) is 11.2 Å². The summed E-state index contributed by atoms with van der Waals surface area (Å²) in [7, 11) is 3.05. The van der Waals surface area contributed by atoms with E-state index in [2.05, 4.69) is 20.2 Å². The van der Waals surface area contributed by atoms with Crippen LogP contribution in [0.25, 0.3) is 16.8 Å². The Kier molecular flexibility index (Phi) is 6.43. The fraction of sp³-hybridized carbons (Fsp3) is 0.296. The third-order valence-electron chi connectivity index (χ3n) is 7.01. The second-order valence-corrected chi connectivity index (χ2v) is 9.39. The maximum Gasteiger partial charge on any atom is 0.241 e. The number of aromatic nitrogens is 3. The average Bonchev–Trinajstić information content (AvgIpc) is 3.32. The smallest absolute Gasteiger partial charge is 0.241 e. The SMILES string of the molecule is CNC(=O)C1(N)CCCN(c2ccc(-c3ccc(OC)c(F)c3)cc2Cc2cnc3c(N)nccn23)C1. The second-order valence-electron chi connectivity index (χ2n) is 9.39. The number of fused-ring (bicyclic) bond motifs is 1. The lowest BCUT2D eigenvalue weighted by molar-refractivity contribution is -0.126. The molecule has 1 unspecified atom stereocenters. The number of nitrogens with two attached hydrogens (primary N) is 2. The molecule has 1 fully saturated rings. The van der Waals surface area contributed by atoms with Gasteiger partial charge in [0.25, 0.3) is 0 Å². The van der Waals surface area contributed by atoms with Gasteiger partial charge in [0.05, 0.1) is 7.11 Å². The zero-order valence-corrected chi connectivity index (χ0v) is 20.9. The summed E-state index contributed by atoms with van der Waals surface area (Å²) in [6.07, 6.45) is 7.18. The van der Waals surface area contributed by atoms with E-state index in [9.17, 15) is 9.18 Å². The maximum absolute atomic E-state index is 14.5. The first kappa shape index (κ1) is 24.5. The van der Waals surface area contributed by atoms with E-state index in [1.54, 1.807) is 25.5 Å². The molecule has 3 heterocycles. The molecule has 37 heavy (non-hydrogen) atoms. The monoisotopic (exact) mass is 503 g/mol. The van der Waals surface area contributed by atoms with Crippen LogP contribution in [0.5, 0.6) is 5.75 Å². The highest BCUT2D eigenvalue weighted by Gasteiger charge is 2.38. The molecule has 4 aromatic rings. The third-order valence-corrected chi connectivity index (χ3v) is 7.01. The summed E-state index contributed by atoms with van der Waals surface area (Å²) in [6, 6.07) is 10.9. The van der Waals surface area contributed by atoms with Crippen LogP contribution < -0.4 is 26.4 Å². The molecule has 2 aromatic carbocycles. The molecule has 0 radical (unpaired) electrons. The minimum atomic E-state index is -0.981. The van der Waals surface area contributed by atoms with Crippen molar-refractivity contribution in [3.05, 3.63) is 72.1 Å². The van der Waals surface area contributed by atoms with Gasteiger partial charge in [-0.3, -0.25) is 9.20 Å². The second kappa shape index (κ2) is 9.70. The Labute approximate surface area is 214 Å². The largest absolute Gasteiger partial charge is 0.494 e. The van der Waals surface area contributed by atoms with Gasteiger partial charge >= 0.3 is 0 Å². The first-order chi connectivity index (χ1) is 17.8. The number of nitrogens with zero attached hydrogens (tertiary/aromatic N) is 4. The standard InChI is InChI=1S/C27H30FN7O2/c1-31-26(36)27(30)8-3-10-34(16-27)22-6-4-17(18-5-7-23(37-2)21(28)14-18)12-19(22)13-20-15-33-25-24(29)32-9-11-35(20)25/h4-7,9,11-12,14-15H,3,8,10,13,16,30H2,1-2H3,(H2,29,32)(H,31,36). The van der Waals surface area contributed by atoms with Gasteiger partial charge in [-0.05, 0) is 53.8 Å². The number of nitrogen functional groups attached to an aromatic ring is 1. The highest BCUT2D eigenvalue weighted by Crippen LogP contribution is 2.34. The van der Waals surface area contributed by atoms with Crippen molar-refractivity contribution in [2.24, 2.45) is 5.73 Å². The van der Waals surface area contributed by atoms with E-state index in [1.165, 1.54) is 13.2 Å². The van der Waals surface area contributed by atoms with Crippen molar-refractivity contribution in [1.82, 2.24) is 19.7 Å². The number of ether oxygens (including phenoxy) is 1. The fourth-order valence-electron chi connectivity index (χ4n) is 5.10. The molecule has 1 atom stereocenters. The number of hydrogen-bond acceptors (Lipinski definition) is 7. The number of nitrogens with one attached hydrogen (secondary N) is 1. The minimum absolute atomic E-state index is 0.172. The number of carbonyl (C=O) groups excluding carboxylic acids is 1. The predicted octanol–water partition coefficient (Wildman–Crippen LogP) is 2.76. The number of rotatable bonds is 6. The number of anilines is 2. The van der Waals surface area contributed by atoms with Crippen LogP contribution in [0, 0.1) is 5.82 Å². The maximum atomic E-state index is 14.5. The molecule has 10 heteroatoms. The normalized spacial score (nSPS) is 17.7. The van der Waals surface area contributed by atoms with E-state index < -0.39 is 11.4 Å². The molecular formula is C27H30FN7O2. The first-order valence-corrected chi connectivity index (χ1v) is 12.1. The van der Waals surface area contributed by atoms with E-state index in [1.807, 2.05) is 34.9 Å². The topological polar surface area (TPSA) is 124 Å². The molecule has 2 aromatic heterocycles. The van der Waals surface area contributed by atoms with Crippen LogP contribution in [0.4, 0.5) is 15.9 Å². The van der Waals surface area contributed by atoms with Gasteiger partial charge in [-0.2, -0.15) is 0 Å². The molecule has 0 aliphatic carbocycles. The molecule has 1 aliphatic heterocycles. The average molecular weight is 504 g/mol. The van der Waals surface area contributed by atoms with Crippen molar-refractivity contribution in [1.29, 1.82) is 0 Å². The van der Waals surface area contributed by atoms with E-state index in [4.69, 9.17) is 16.2 Å². The number of likely N-dealkylation sites (N-methyl/N-ethyl adjacent to an activating group) is 1. The van der Waals surface area contributed by atoms with Gasteiger partial charge in [0, 0.05) is 56.5 Å². The molecule has 192 valence electrons. The summed E-state index contributed by atoms with van der Waals surface area (Å²) >= 11 is 0. The summed E-state index contributed by atoms with van der Waals surface area (Å²) in [6.45, 7) is 1.16. The number of amides is 1. The first-order valence-electron chi connectivity index (χ1n) is 12.1. The van der Waals surface area contributed by atoms with Crippen LogP contribution in [0.15, 0.2) is 55.0 Å². The van der Waals surface area contributed by atoms with E-state index >= 15 is 0 Å². The molecule has 0 bridgehead atoms. The number of imidazole rings is 1. The van der Waals surface area contributed by atoms with Crippen LogP contribution >= 0.6 is 0 Å². The lowest BCUT2D eigenvalue weighted by Gasteiger charge is -2.40. The van der Waals surface area contributed by atoms with Gasteiger partial charge in [-0.25, -0.2) is 14.4 Å². The van der Waals surface area contributed by atoms with Crippen LogP contribution in [0.3, 0.4) is 0 Å². The molecule has 1 saturated heterocycles. The van der Waals surface area contributed by atoms with Crippen LogP contribution in [-0.4, -0.2) is 53.1 Å². The Morgan fingerprint density at radius 2 is 2.00 bits per heavy atom. The van der Waals surface area contributed by atoms with Gasteiger partial charge in [0.1, 0.15) is 5.54 Å². The molecule has 0 spiro atoms. The molecule has 5 N–H and O–H groups in total. The van der Waals surface area contributed by atoms with Crippen molar-refractivity contribution < 1.29 is 13.9 Å². The molecule has 9 nitrogen and oxygen atoms in total. The summed E-state index contributed by atoms with van der Waals surface area (Å²) in [5.41, 5.74) is 16.6. The van der Waals surface area contributed by atoms with Crippen molar-refractivity contribution in [3.63, 3.8) is 0 Å². The number of halogens is 1. The fourth-order valence-corrected chi connectivity index (χ4v) is 5.10. The Morgan fingerprint density at radius 3 is 2.76 bits per heavy atom. The van der Waals surface area contributed by atoms with Gasteiger partial charge in [-0.15, -0.1) is 0 Å². The lowest BCUT2D eigenvalue weighted by Crippen LogP contribution is -2.62. The molecule has 1 aliphatic rings. The summed E-state index contributed by atoms with van der Waals surface area (Å²) < 4.78 is 21.5. The quantitative estimate of drug-likeness (QED) is 0.370. The van der Waals surface area contributed by atoms with Crippen molar-refractivity contribution in [3.8, 4) is 16.9 Å². The number of benzene rings is 2. The van der Waals surface area contributed by atoms with Gasteiger partial charge in [0.15, 0.2) is 23.0 Å². The number of hydrogen-bond donors (Lipinski definition) is 3. The summed E-state index contributed by atoms with van der Waals surface area (Å²) in [5, 5.41) is 2.70. The Bertz CT molecular complexity index is 1470. The minimum Gasteiger partial charge on any atom is -0.494 e. The van der Waals surface area contributed by atoms with Crippen LogP contribution in [0.2, 0.25) is 0 Å². The molecular weight excluding hydrogens is 473 g/mol. The van der Waals surface area contributed by atoms with Gasteiger partial charge < -0.3 is 26.4 Å². The summed E-state index contributed by atoms with van der Waals surface area (Å²) in [5.74, 6) is -0.0518. The van der Waals surface area contributed by atoms with E-state index in [-0.39, 0.29) is 11.7 Å². The van der Waals surface area contributed by atoms with Crippen molar-refractivity contribution in [2.75, 3.05) is 37.9 Å². The Hall–Kier alpha value is -4.18. The summed E-state index contributed by atoms with van der Waals surface area (Å²) in [4.78, 5) is 23.3. The third kappa shape index (κ3) is 4.55. The number of methoxy groups -OCH3 is 1. The zero-order chi connectivity index (χ0) is 26.2. The molecule has 0 saturated carbocycles. The molecule has 5 rings (SSSR count). The van der Waals surface area contributed by atoms with Gasteiger partial charge in [0.2, 0.25) is 5.91 Å². The Balaban J connectivity index is 1.58. The van der Waals surface area contributed by atoms with E-state index in [0.717, 1.165) is 41.0 Å². The zero-order valence-electron chi connectivity index (χ0n) is 20.9. The number of carbonyl (C=O) groups is 1. The highest BCUT2D eigenvalue weighted by atomic mass is 19.1. The van der Waals surface area contributed by atoms with Crippen molar-refractivity contribution >= 4 is 23.1 Å². The highest BCUT2D eigenvalue weighted by molar-refractivity contribution is 5.87. The predicted molar refractivity (Wildman–Crippen MR) is 141 cm³/mol. The molecule has 1 amide bonds. The van der Waals surface area contributed by atoms with Gasteiger partial charge in [-0.1, -0.05) is 12.1 Å².